The summed E-state index contributed by atoms with van der Waals surface area (Å²) in [6.07, 6.45) is 0.871. The number of amides is 1. The van der Waals surface area contributed by atoms with Crippen molar-refractivity contribution in [3.63, 3.8) is 0 Å². The number of nitrogens with one attached hydrogen (secondary N) is 1. The molecular formula is C17H17BrClNO2. The second kappa shape index (κ2) is 7.65. The number of hydrogen-bond acceptors (Lipinski definition) is 2. The largest absolute Gasteiger partial charge is 0.493 e. The Morgan fingerprint density at radius 1 is 1.27 bits per heavy atom. The summed E-state index contributed by atoms with van der Waals surface area (Å²) in [4.78, 5) is 12.5. The average molecular weight is 383 g/mol. The fraction of sp³-hybridized carbons (Fsp3) is 0.235. The lowest BCUT2D eigenvalue weighted by Crippen LogP contribution is -2.14. The van der Waals surface area contributed by atoms with Crippen LogP contribution in [0.4, 0.5) is 5.69 Å². The van der Waals surface area contributed by atoms with Gasteiger partial charge in [0.15, 0.2) is 0 Å². The predicted molar refractivity (Wildman–Crippen MR) is 94.1 cm³/mol. The lowest BCUT2D eigenvalue weighted by molar-refractivity contribution is 0.102. The van der Waals surface area contributed by atoms with Gasteiger partial charge in [-0.2, -0.15) is 0 Å². The Morgan fingerprint density at radius 2 is 2.05 bits per heavy atom. The molecule has 2 rings (SSSR count). The van der Waals surface area contributed by atoms with Gasteiger partial charge in [-0.1, -0.05) is 34.5 Å². The molecule has 0 saturated carbocycles. The first kappa shape index (κ1) is 16.8. The molecule has 0 radical (unpaired) electrons. The molecule has 2 aromatic rings. The van der Waals surface area contributed by atoms with Gasteiger partial charge in [-0.25, -0.2) is 0 Å². The number of carbonyl (C=O) groups is 1. The van der Waals surface area contributed by atoms with Crippen LogP contribution in [0, 0.1) is 6.92 Å². The van der Waals surface area contributed by atoms with E-state index in [-0.39, 0.29) is 5.91 Å². The summed E-state index contributed by atoms with van der Waals surface area (Å²) >= 11 is 9.42. The zero-order chi connectivity index (χ0) is 16.1. The Balaban J connectivity index is 2.26. The van der Waals surface area contributed by atoms with Crippen LogP contribution in [0.1, 0.15) is 29.3 Å². The Kier molecular flexibility index (Phi) is 5.86. The van der Waals surface area contributed by atoms with Crippen LogP contribution in [0.15, 0.2) is 40.9 Å². The highest BCUT2D eigenvalue weighted by Gasteiger charge is 2.14. The van der Waals surface area contributed by atoms with Crippen molar-refractivity contribution in [2.75, 3.05) is 11.9 Å². The summed E-state index contributed by atoms with van der Waals surface area (Å²) in [6, 6.07) is 10.7. The van der Waals surface area contributed by atoms with Gasteiger partial charge in [0.1, 0.15) is 5.75 Å². The molecule has 0 aromatic heterocycles. The van der Waals surface area contributed by atoms with Crippen LogP contribution in [0.5, 0.6) is 5.75 Å². The van der Waals surface area contributed by atoms with Gasteiger partial charge in [0.25, 0.3) is 5.91 Å². The van der Waals surface area contributed by atoms with Gasteiger partial charge in [-0.05, 0) is 55.3 Å². The fourth-order valence-corrected chi connectivity index (χ4v) is 2.62. The van der Waals surface area contributed by atoms with E-state index in [4.69, 9.17) is 16.3 Å². The van der Waals surface area contributed by atoms with Crippen LogP contribution in [0.3, 0.4) is 0 Å². The first-order chi connectivity index (χ1) is 10.5. The number of carbonyl (C=O) groups excluding carboxylic acids is 1. The van der Waals surface area contributed by atoms with Gasteiger partial charge in [-0.15, -0.1) is 0 Å². The van der Waals surface area contributed by atoms with Gasteiger partial charge in [0, 0.05) is 15.2 Å². The molecule has 0 aliphatic heterocycles. The molecule has 2 aromatic carbocycles. The number of hydrogen-bond donors (Lipinski definition) is 1. The van der Waals surface area contributed by atoms with E-state index in [9.17, 15) is 4.79 Å². The molecular weight excluding hydrogens is 366 g/mol. The average Bonchev–Trinajstić information content (AvgIpc) is 2.48. The minimum Gasteiger partial charge on any atom is -0.493 e. The highest BCUT2D eigenvalue weighted by Crippen LogP contribution is 2.26. The topological polar surface area (TPSA) is 38.3 Å². The smallest absolute Gasteiger partial charge is 0.259 e. The van der Waals surface area contributed by atoms with Crippen molar-refractivity contribution in [1.29, 1.82) is 0 Å². The molecule has 0 aliphatic carbocycles. The van der Waals surface area contributed by atoms with Crippen molar-refractivity contribution in [3.8, 4) is 5.75 Å². The first-order valence-corrected chi connectivity index (χ1v) is 8.18. The summed E-state index contributed by atoms with van der Waals surface area (Å²) in [6.45, 7) is 4.51. The zero-order valence-corrected chi connectivity index (χ0v) is 14.8. The Hall–Kier alpha value is -1.52. The second-order valence-corrected chi connectivity index (χ2v) is 6.25. The summed E-state index contributed by atoms with van der Waals surface area (Å²) in [7, 11) is 0. The van der Waals surface area contributed by atoms with E-state index in [0.717, 1.165) is 22.1 Å². The maximum atomic E-state index is 12.5. The number of ether oxygens (including phenoxy) is 1. The van der Waals surface area contributed by atoms with Crippen LogP contribution in [0.25, 0.3) is 0 Å². The van der Waals surface area contributed by atoms with E-state index in [0.29, 0.717) is 22.9 Å². The highest BCUT2D eigenvalue weighted by molar-refractivity contribution is 9.10. The van der Waals surface area contributed by atoms with Gasteiger partial charge in [0.05, 0.1) is 12.2 Å². The van der Waals surface area contributed by atoms with E-state index in [1.165, 1.54) is 0 Å². The summed E-state index contributed by atoms with van der Waals surface area (Å²) in [5, 5.41) is 3.40. The van der Waals surface area contributed by atoms with E-state index >= 15 is 0 Å². The van der Waals surface area contributed by atoms with Crippen LogP contribution >= 0.6 is 27.5 Å². The number of aryl methyl sites for hydroxylation is 1. The standard InChI is InChI=1S/C17H17BrClNO2/c1-3-8-22-16-7-5-13(19)10-14(16)17(21)20-15-6-4-12(18)9-11(15)2/h4-7,9-10H,3,8H2,1-2H3,(H,20,21). The lowest BCUT2D eigenvalue weighted by atomic mass is 10.1. The molecule has 0 fully saturated rings. The van der Waals surface area contributed by atoms with Crippen molar-refractivity contribution in [3.05, 3.63) is 57.0 Å². The van der Waals surface area contributed by atoms with Crippen molar-refractivity contribution >= 4 is 39.1 Å². The molecule has 5 heteroatoms. The Morgan fingerprint density at radius 3 is 2.73 bits per heavy atom. The Bertz CT molecular complexity index is 688. The third-order valence-electron chi connectivity index (χ3n) is 3.08. The maximum absolute atomic E-state index is 12.5. The molecule has 22 heavy (non-hydrogen) atoms. The molecule has 0 atom stereocenters. The van der Waals surface area contributed by atoms with Gasteiger partial charge < -0.3 is 10.1 Å². The third kappa shape index (κ3) is 4.24. The summed E-state index contributed by atoms with van der Waals surface area (Å²) in [5.41, 5.74) is 2.17. The maximum Gasteiger partial charge on any atom is 0.259 e. The van der Waals surface area contributed by atoms with E-state index in [2.05, 4.69) is 21.2 Å². The number of rotatable bonds is 5. The lowest BCUT2D eigenvalue weighted by Gasteiger charge is -2.13. The molecule has 0 saturated heterocycles. The van der Waals surface area contributed by atoms with E-state index in [1.807, 2.05) is 32.0 Å². The van der Waals surface area contributed by atoms with Crippen molar-refractivity contribution in [1.82, 2.24) is 0 Å². The SMILES string of the molecule is CCCOc1ccc(Cl)cc1C(=O)Nc1ccc(Br)cc1C. The minimum absolute atomic E-state index is 0.237. The van der Waals surface area contributed by atoms with E-state index < -0.39 is 0 Å². The van der Waals surface area contributed by atoms with Crippen LogP contribution in [-0.2, 0) is 0 Å². The van der Waals surface area contributed by atoms with Crippen LogP contribution in [0.2, 0.25) is 5.02 Å². The molecule has 116 valence electrons. The number of halogens is 2. The Labute approximate surface area is 143 Å². The van der Waals surface area contributed by atoms with Crippen LogP contribution < -0.4 is 10.1 Å². The highest BCUT2D eigenvalue weighted by atomic mass is 79.9. The van der Waals surface area contributed by atoms with Crippen molar-refractivity contribution in [2.24, 2.45) is 0 Å². The van der Waals surface area contributed by atoms with Crippen molar-refractivity contribution < 1.29 is 9.53 Å². The molecule has 1 N–H and O–H groups in total. The predicted octanol–water partition coefficient (Wildman–Crippen LogP) is 5.45. The molecule has 1 amide bonds. The van der Waals surface area contributed by atoms with Gasteiger partial charge in [-0.3, -0.25) is 4.79 Å². The van der Waals surface area contributed by atoms with Gasteiger partial charge in [0.2, 0.25) is 0 Å². The molecule has 3 nitrogen and oxygen atoms in total. The quantitative estimate of drug-likeness (QED) is 0.746. The molecule has 0 heterocycles. The fourth-order valence-electron chi connectivity index (χ4n) is 1.97. The molecule has 0 spiro atoms. The first-order valence-electron chi connectivity index (χ1n) is 7.01. The van der Waals surface area contributed by atoms with E-state index in [1.54, 1.807) is 18.2 Å². The number of benzene rings is 2. The third-order valence-corrected chi connectivity index (χ3v) is 3.81. The second-order valence-electron chi connectivity index (χ2n) is 4.90. The summed E-state index contributed by atoms with van der Waals surface area (Å²) in [5.74, 6) is 0.303. The number of anilines is 1. The van der Waals surface area contributed by atoms with Gasteiger partial charge >= 0.3 is 0 Å². The zero-order valence-electron chi connectivity index (χ0n) is 12.5. The molecule has 0 unspecified atom stereocenters. The van der Waals surface area contributed by atoms with Crippen molar-refractivity contribution in [2.45, 2.75) is 20.3 Å². The summed E-state index contributed by atoms with van der Waals surface area (Å²) < 4.78 is 6.59. The normalized spacial score (nSPS) is 10.4. The minimum atomic E-state index is -0.237. The molecule has 0 aliphatic rings. The monoisotopic (exact) mass is 381 g/mol. The van der Waals surface area contributed by atoms with Crippen LogP contribution in [-0.4, -0.2) is 12.5 Å². The molecule has 0 bridgehead atoms.